The minimum absolute atomic E-state index is 0.00294. The van der Waals surface area contributed by atoms with Crippen LogP contribution >= 0.6 is 0 Å². The number of rotatable bonds is 9. The maximum Gasteiger partial charge on any atom is 0.254 e. The molecule has 2 bridgehead atoms. The third kappa shape index (κ3) is 5.05. The van der Waals surface area contributed by atoms with E-state index < -0.39 is 22.8 Å². The lowest BCUT2D eigenvalue weighted by Crippen LogP contribution is -2.41. The Labute approximate surface area is 278 Å². The van der Waals surface area contributed by atoms with E-state index in [1.807, 2.05) is 26.9 Å². The summed E-state index contributed by atoms with van der Waals surface area (Å²) in [6, 6.07) is 17.2. The molecular weight excluding hydrogens is 614 g/mol. The van der Waals surface area contributed by atoms with Gasteiger partial charge < -0.3 is 19.9 Å². The largest absolute Gasteiger partial charge is 0.482 e. The Morgan fingerprint density at radius 1 is 1.09 bits per heavy atom. The number of methoxy groups -OCH3 is 1. The van der Waals surface area contributed by atoms with Crippen molar-refractivity contribution in [3.63, 3.8) is 0 Å². The summed E-state index contributed by atoms with van der Waals surface area (Å²) in [5, 5.41) is 0.718. The van der Waals surface area contributed by atoms with E-state index in [1.54, 1.807) is 55.6 Å². The molecule has 8 rings (SSSR count). The van der Waals surface area contributed by atoms with E-state index in [4.69, 9.17) is 24.6 Å². The van der Waals surface area contributed by atoms with Crippen molar-refractivity contribution in [3.05, 3.63) is 77.5 Å². The van der Waals surface area contributed by atoms with Crippen molar-refractivity contribution in [1.82, 2.24) is 23.8 Å². The number of hydrogen-bond acceptors (Lipinski definition) is 7. The summed E-state index contributed by atoms with van der Waals surface area (Å²) in [6.07, 6.45) is 4.03. The Morgan fingerprint density at radius 3 is 2.57 bits per heavy atom. The first-order valence-electron chi connectivity index (χ1n) is 17.6. The predicted molar refractivity (Wildman–Crippen MR) is 181 cm³/mol. The number of nitrogens with two attached hydrogens (primary N) is 1. The number of imidazole rings is 1. The van der Waals surface area contributed by atoms with Gasteiger partial charge in [0.05, 0.1) is 24.3 Å². The van der Waals surface area contributed by atoms with Crippen molar-refractivity contribution in [3.8, 4) is 17.3 Å². The lowest BCUT2D eigenvalue weighted by atomic mass is 10.1. The van der Waals surface area contributed by atoms with Gasteiger partial charge in [-0.25, -0.2) is 18.4 Å². The highest BCUT2D eigenvalue weighted by atomic mass is 32.2. The summed E-state index contributed by atoms with van der Waals surface area (Å²) >= 11 is 0. The Bertz CT molecular complexity index is 2250. The maximum atomic E-state index is 13.8. The van der Waals surface area contributed by atoms with E-state index in [-0.39, 0.29) is 23.8 Å². The molecule has 12 heteroatoms. The molecule has 2 N–H and O–H groups in total. The van der Waals surface area contributed by atoms with Crippen LogP contribution in [0.2, 0.25) is 0 Å². The minimum atomic E-state index is -4.35. The van der Waals surface area contributed by atoms with E-state index >= 15 is 0 Å². The summed E-state index contributed by atoms with van der Waals surface area (Å²) in [5.41, 5.74) is 10.6. The van der Waals surface area contributed by atoms with E-state index in [2.05, 4.69) is 0 Å². The van der Waals surface area contributed by atoms with Gasteiger partial charge in [0.25, 0.3) is 5.91 Å². The summed E-state index contributed by atoms with van der Waals surface area (Å²) in [6.45, 7) is 0.183. The van der Waals surface area contributed by atoms with Crippen molar-refractivity contribution < 1.29 is 22.1 Å². The number of benzene rings is 1. The monoisotopic (exact) mass is 656 g/mol. The number of likely N-dealkylation sites (tertiary alicyclic amines) is 1. The lowest BCUT2D eigenvalue weighted by Gasteiger charge is -2.27. The summed E-state index contributed by atoms with van der Waals surface area (Å²) in [7, 11) is -2.78. The van der Waals surface area contributed by atoms with Crippen LogP contribution in [0.3, 0.4) is 0 Å². The highest BCUT2D eigenvalue weighted by molar-refractivity contribution is 7.92. The molecule has 2 unspecified atom stereocenters. The van der Waals surface area contributed by atoms with Crippen LogP contribution in [0, 0.1) is 18.8 Å². The zero-order valence-electron chi connectivity index (χ0n) is 29.3. The van der Waals surface area contributed by atoms with Crippen LogP contribution in [0.15, 0.2) is 60.7 Å². The van der Waals surface area contributed by atoms with E-state index in [1.165, 1.54) is 6.07 Å². The second-order valence-corrected chi connectivity index (χ2v) is 15.0. The quantitative estimate of drug-likeness (QED) is 0.246. The number of aromatic nitrogens is 4. The Hall–Kier alpha value is -4.42. The van der Waals surface area contributed by atoms with Gasteiger partial charge in [-0.3, -0.25) is 13.5 Å². The zero-order chi connectivity index (χ0) is 35.1. The molecule has 1 aliphatic heterocycles. The van der Waals surface area contributed by atoms with E-state index in [0.717, 1.165) is 42.5 Å². The average molecular weight is 657 g/mol. The van der Waals surface area contributed by atoms with Gasteiger partial charge in [-0.15, -0.1) is 0 Å². The van der Waals surface area contributed by atoms with Gasteiger partial charge in [0.15, 0.2) is 5.88 Å². The number of sulfonamides is 1. The molecule has 3 aliphatic rings. The fourth-order valence-corrected chi connectivity index (χ4v) is 8.53. The molecule has 5 heterocycles. The molecule has 5 aromatic rings. The first-order valence-corrected chi connectivity index (χ1v) is 17.7. The number of hydrogen-bond donors (Lipinski definition) is 1. The summed E-state index contributed by atoms with van der Waals surface area (Å²) in [5.74, 6) is 0.441. The van der Waals surface area contributed by atoms with Crippen molar-refractivity contribution in [2.24, 2.45) is 17.6 Å². The molecule has 3 fully saturated rings. The molecule has 4 aromatic heterocycles. The van der Waals surface area contributed by atoms with Crippen LogP contribution in [-0.2, 0) is 22.3 Å². The molecule has 3 atom stereocenters. The van der Waals surface area contributed by atoms with E-state index in [0.29, 0.717) is 63.2 Å². The highest BCUT2D eigenvalue weighted by Crippen LogP contribution is 2.40. The van der Waals surface area contributed by atoms with E-state index in [9.17, 15) is 13.2 Å². The van der Waals surface area contributed by atoms with Crippen LogP contribution < -0.4 is 14.8 Å². The van der Waals surface area contributed by atoms with Crippen molar-refractivity contribution >= 4 is 38.4 Å². The van der Waals surface area contributed by atoms with Gasteiger partial charge in [0, 0.05) is 53.3 Å². The van der Waals surface area contributed by atoms with Crippen molar-refractivity contribution in [2.75, 3.05) is 24.9 Å². The first kappa shape index (κ1) is 26.6. The van der Waals surface area contributed by atoms with Crippen molar-refractivity contribution in [2.45, 2.75) is 57.0 Å². The van der Waals surface area contributed by atoms with Crippen LogP contribution in [-0.4, -0.2) is 70.9 Å². The second-order valence-electron chi connectivity index (χ2n) is 13.1. The van der Waals surface area contributed by atoms with Crippen molar-refractivity contribution in [1.29, 1.82) is 0 Å². The zero-order valence-corrected chi connectivity index (χ0v) is 27.2. The smallest absolute Gasteiger partial charge is 0.254 e. The molecule has 1 aromatic carbocycles. The van der Waals surface area contributed by atoms with Crippen LogP contribution in [0.5, 0.6) is 5.88 Å². The number of carbonyl (C=O) groups excluding carboxylic acids is 1. The molecule has 1 saturated heterocycles. The fourth-order valence-electron chi connectivity index (χ4n) is 7.40. The maximum absolute atomic E-state index is 13.8. The molecule has 11 nitrogen and oxygen atoms in total. The average Bonchev–Trinajstić information content (AvgIpc) is 3.48. The SMILES string of the molecule is [2H]C([2H])([2H])N(c1ccc2cc(-c3nc4cc(C(=O)N5CC6CCC5[C@@H]6N)cc(OC)n4c3C)n(CC3CC3)c2n1)S(=O)(=O)Cc1ccccc1. The number of carbonyl (C=O) groups is 1. The topological polar surface area (TPSA) is 128 Å². The molecule has 0 radical (unpaired) electrons. The fraction of sp³-hybridized carbons (Fsp3) is 0.400. The number of anilines is 1. The second kappa shape index (κ2) is 11.1. The molecule has 244 valence electrons. The number of fused-ring (bicyclic) bond motifs is 4. The molecule has 1 amide bonds. The Morgan fingerprint density at radius 2 is 1.89 bits per heavy atom. The number of nitrogens with zero attached hydrogens (tertiary/aromatic N) is 6. The van der Waals surface area contributed by atoms with Gasteiger partial charge >= 0.3 is 0 Å². The standard InChI is InChI=1S/C35H39N7O4S/c1-21-33(37-30-16-26(17-31(46-3)42(21)30)35(43)41-19-25-11-13-27(41)32(25)36)28-15-24-12-14-29(38-34(24)40(28)18-22-9-10-22)39(2)47(44,45)20-23-7-5-4-6-8-23/h4-8,12,14-17,22,25,27,32H,9-11,13,18-20,36H2,1-3H3/t25?,27?,32-/m1/s1/i2D3. The first-order chi connectivity index (χ1) is 23.8. The molecule has 2 saturated carbocycles. The Balaban J connectivity index is 1.22. The number of aryl methyl sites for hydroxylation is 1. The van der Waals surface area contributed by atoms with Gasteiger partial charge in [0.1, 0.15) is 22.8 Å². The number of amides is 1. The van der Waals surface area contributed by atoms with Gasteiger partial charge in [0.2, 0.25) is 10.0 Å². The third-order valence-electron chi connectivity index (χ3n) is 10.1. The lowest BCUT2D eigenvalue weighted by molar-refractivity contribution is 0.0700. The molecular formula is C35H39N7O4S. The number of piperidine rings is 1. The minimum Gasteiger partial charge on any atom is -0.482 e. The third-order valence-corrected chi connectivity index (χ3v) is 11.5. The molecule has 0 spiro atoms. The van der Waals surface area contributed by atoms with Crippen LogP contribution in [0.4, 0.5) is 5.82 Å². The summed E-state index contributed by atoms with van der Waals surface area (Å²) in [4.78, 5) is 25.4. The summed E-state index contributed by atoms with van der Waals surface area (Å²) < 4.78 is 62.1. The Kier molecular flexibility index (Phi) is 6.28. The van der Waals surface area contributed by atoms with Gasteiger partial charge in [-0.05, 0) is 74.3 Å². The highest BCUT2D eigenvalue weighted by Gasteiger charge is 2.47. The van der Waals surface area contributed by atoms with Crippen LogP contribution in [0.1, 0.15) is 51.4 Å². The number of ether oxygens (including phenoxy) is 1. The van der Waals surface area contributed by atoms with Gasteiger partial charge in [-0.1, -0.05) is 30.3 Å². The predicted octanol–water partition coefficient (Wildman–Crippen LogP) is 4.61. The van der Waals surface area contributed by atoms with Gasteiger partial charge in [-0.2, -0.15) is 0 Å². The van der Waals surface area contributed by atoms with Crippen LogP contribution in [0.25, 0.3) is 28.1 Å². The number of pyridine rings is 2. The molecule has 2 aliphatic carbocycles. The molecule has 47 heavy (non-hydrogen) atoms. The normalized spacial score (nSPS) is 22.1.